The van der Waals surface area contributed by atoms with Crippen LogP contribution in [0.15, 0.2) is 42.6 Å². The van der Waals surface area contributed by atoms with E-state index < -0.39 is 0 Å². The Morgan fingerprint density at radius 2 is 1.84 bits per heavy atom. The molecule has 0 bridgehead atoms. The van der Waals surface area contributed by atoms with E-state index in [4.69, 9.17) is 4.84 Å². The van der Waals surface area contributed by atoms with Crippen LogP contribution in [0.1, 0.15) is 54.4 Å². The van der Waals surface area contributed by atoms with Gasteiger partial charge in [-0.25, -0.2) is 14.8 Å². The first-order valence-electron chi connectivity index (χ1n) is 11.2. The molecule has 1 heterocycles. The number of anilines is 1. The summed E-state index contributed by atoms with van der Waals surface area (Å²) < 4.78 is 0. The molecular weight excluding hydrogens is 404 g/mol. The van der Waals surface area contributed by atoms with Crippen molar-refractivity contribution in [2.75, 3.05) is 5.48 Å². The highest BCUT2D eigenvalue weighted by atomic mass is 16.7. The summed E-state index contributed by atoms with van der Waals surface area (Å²) in [5.74, 6) is -0.0502. The molecule has 0 unspecified atom stereocenters. The van der Waals surface area contributed by atoms with Crippen molar-refractivity contribution >= 4 is 28.7 Å². The lowest BCUT2D eigenvalue weighted by Gasteiger charge is -2.11. The number of fused-ring (bicyclic) bond motifs is 1. The zero-order chi connectivity index (χ0) is 22.1. The molecule has 0 spiro atoms. The largest absolute Gasteiger partial charge is 0.349 e. The van der Waals surface area contributed by atoms with Crippen molar-refractivity contribution in [1.82, 2.24) is 15.3 Å². The van der Waals surface area contributed by atoms with Crippen molar-refractivity contribution in [3.63, 3.8) is 0 Å². The van der Waals surface area contributed by atoms with Gasteiger partial charge in [-0.05, 0) is 73.6 Å². The van der Waals surface area contributed by atoms with Gasteiger partial charge in [0, 0.05) is 23.2 Å². The molecule has 0 radical (unpaired) electrons. The predicted octanol–water partition coefficient (Wildman–Crippen LogP) is 4.56. The Hall–Kier alpha value is -3.48. The average Bonchev–Trinajstić information content (AvgIpc) is 3.44. The second kappa shape index (κ2) is 8.57. The molecule has 2 N–H and O–H groups in total. The first-order chi connectivity index (χ1) is 15.6. The molecule has 0 aliphatic heterocycles. The van der Waals surface area contributed by atoms with Crippen molar-refractivity contribution in [3.8, 4) is 11.1 Å². The molecule has 1 aromatic heterocycles. The lowest BCUT2D eigenvalue weighted by atomic mass is 9.97. The quantitative estimate of drug-likeness (QED) is 0.557. The van der Waals surface area contributed by atoms with Crippen LogP contribution in [0.4, 0.5) is 5.95 Å². The number of benzene rings is 2. The lowest BCUT2D eigenvalue weighted by molar-refractivity contribution is -0.145. The first kappa shape index (κ1) is 20.4. The number of nitrogens with zero attached hydrogens (tertiary/aromatic N) is 2. The number of amides is 1. The molecule has 2 aliphatic carbocycles. The van der Waals surface area contributed by atoms with E-state index in [1.807, 2.05) is 43.3 Å². The fourth-order valence-corrected chi connectivity index (χ4v) is 4.16. The van der Waals surface area contributed by atoms with Crippen LogP contribution in [0, 0.1) is 12.8 Å². The number of hydrogen-bond donors (Lipinski definition) is 2. The number of aryl methyl sites for hydroxylation is 1. The second-order valence-corrected chi connectivity index (χ2v) is 8.75. The van der Waals surface area contributed by atoms with E-state index in [9.17, 15) is 9.59 Å². The lowest BCUT2D eigenvalue weighted by Crippen LogP contribution is -2.25. The van der Waals surface area contributed by atoms with Crippen molar-refractivity contribution in [2.45, 2.75) is 51.5 Å². The molecule has 2 aliphatic rings. The van der Waals surface area contributed by atoms with Crippen LogP contribution in [-0.4, -0.2) is 27.9 Å². The number of rotatable bonds is 6. The van der Waals surface area contributed by atoms with Gasteiger partial charge in [-0.1, -0.05) is 25.0 Å². The number of carbonyl (C=O) groups excluding carboxylic acids is 2. The standard InChI is InChI=1S/C25H26N4O3/c1-15-6-7-18(23(30)27-20-9-10-20)13-21(15)17-8-11-22-19(12-17)14-26-25(28-22)29-32-24(31)16-4-2-3-5-16/h6-8,11-14,16,20H,2-5,9-10H2,1H3,(H,27,30)(H,26,28,29). The summed E-state index contributed by atoms with van der Waals surface area (Å²) in [5.41, 5.74) is 7.08. The molecule has 0 saturated heterocycles. The van der Waals surface area contributed by atoms with Crippen LogP contribution in [0.25, 0.3) is 22.0 Å². The minimum absolute atomic E-state index is 0.0271. The Kier molecular flexibility index (Phi) is 5.47. The number of aromatic nitrogens is 2. The van der Waals surface area contributed by atoms with Gasteiger partial charge in [0.25, 0.3) is 11.9 Å². The average molecular weight is 431 g/mol. The van der Waals surface area contributed by atoms with Gasteiger partial charge in [-0.15, -0.1) is 0 Å². The number of hydrogen-bond acceptors (Lipinski definition) is 6. The van der Waals surface area contributed by atoms with Gasteiger partial charge >= 0.3 is 5.97 Å². The molecule has 1 amide bonds. The summed E-state index contributed by atoms with van der Waals surface area (Å²) in [7, 11) is 0. The van der Waals surface area contributed by atoms with E-state index >= 15 is 0 Å². The summed E-state index contributed by atoms with van der Waals surface area (Å²) in [4.78, 5) is 38.5. The van der Waals surface area contributed by atoms with Gasteiger partial charge in [0.15, 0.2) is 0 Å². The Morgan fingerprint density at radius 3 is 2.62 bits per heavy atom. The van der Waals surface area contributed by atoms with Gasteiger partial charge in [0.2, 0.25) is 0 Å². The molecule has 5 rings (SSSR count). The van der Waals surface area contributed by atoms with Crippen LogP contribution >= 0.6 is 0 Å². The van der Waals surface area contributed by atoms with Crippen LogP contribution < -0.4 is 10.8 Å². The zero-order valence-corrected chi connectivity index (χ0v) is 18.1. The number of carbonyl (C=O) groups is 2. The molecule has 32 heavy (non-hydrogen) atoms. The summed E-state index contributed by atoms with van der Waals surface area (Å²) >= 11 is 0. The Labute approximate surface area is 186 Å². The van der Waals surface area contributed by atoms with Crippen molar-refractivity contribution in [2.24, 2.45) is 5.92 Å². The van der Waals surface area contributed by atoms with Crippen LogP contribution in [0.5, 0.6) is 0 Å². The van der Waals surface area contributed by atoms with Gasteiger partial charge in [0.1, 0.15) is 0 Å². The Bertz CT molecular complexity index is 1180. The van der Waals surface area contributed by atoms with Crippen molar-refractivity contribution < 1.29 is 14.4 Å². The topological polar surface area (TPSA) is 93.2 Å². The van der Waals surface area contributed by atoms with Crippen molar-refractivity contribution in [1.29, 1.82) is 0 Å². The van der Waals surface area contributed by atoms with Crippen LogP contribution in [0.3, 0.4) is 0 Å². The normalized spacial score (nSPS) is 16.2. The highest BCUT2D eigenvalue weighted by Gasteiger charge is 2.25. The number of nitrogens with one attached hydrogen (secondary N) is 2. The van der Waals surface area contributed by atoms with E-state index in [1.54, 1.807) is 6.20 Å². The zero-order valence-electron chi connectivity index (χ0n) is 18.1. The Balaban J connectivity index is 1.34. The van der Waals surface area contributed by atoms with E-state index in [-0.39, 0.29) is 23.7 Å². The van der Waals surface area contributed by atoms with Crippen LogP contribution in [0.2, 0.25) is 0 Å². The molecule has 2 fully saturated rings. The third kappa shape index (κ3) is 4.42. The van der Waals surface area contributed by atoms with E-state index in [2.05, 4.69) is 20.8 Å². The molecular formula is C25H26N4O3. The molecule has 7 heteroatoms. The highest BCUT2D eigenvalue weighted by molar-refractivity contribution is 5.96. The van der Waals surface area contributed by atoms with Gasteiger partial charge in [-0.2, -0.15) is 5.48 Å². The monoisotopic (exact) mass is 430 g/mol. The summed E-state index contributed by atoms with van der Waals surface area (Å²) in [6.07, 6.45) is 7.73. The Morgan fingerprint density at radius 1 is 1.03 bits per heavy atom. The van der Waals surface area contributed by atoms with Crippen LogP contribution in [-0.2, 0) is 9.63 Å². The predicted molar refractivity (Wildman–Crippen MR) is 122 cm³/mol. The van der Waals surface area contributed by atoms with Crippen molar-refractivity contribution in [3.05, 3.63) is 53.7 Å². The molecule has 0 atom stereocenters. The highest BCUT2D eigenvalue weighted by Crippen LogP contribution is 2.29. The van der Waals surface area contributed by atoms with Gasteiger partial charge in [-0.3, -0.25) is 4.79 Å². The minimum Gasteiger partial charge on any atom is -0.349 e. The minimum atomic E-state index is -0.248. The third-order valence-electron chi connectivity index (χ3n) is 6.23. The fourth-order valence-electron chi connectivity index (χ4n) is 4.16. The molecule has 164 valence electrons. The summed E-state index contributed by atoms with van der Waals surface area (Å²) in [5, 5.41) is 3.90. The SMILES string of the molecule is Cc1ccc(C(=O)NC2CC2)cc1-c1ccc2nc(NOC(=O)C3CCCC3)ncc2c1. The van der Waals surface area contributed by atoms with Gasteiger partial charge < -0.3 is 10.2 Å². The maximum absolute atomic E-state index is 12.5. The fraction of sp³-hybridized carbons (Fsp3) is 0.360. The van der Waals surface area contributed by atoms with Gasteiger partial charge in [0.05, 0.1) is 11.4 Å². The molecule has 3 aromatic rings. The van der Waals surface area contributed by atoms with E-state index in [0.29, 0.717) is 11.6 Å². The van der Waals surface area contributed by atoms with E-state index in [1.165, 1.54) is 0 Å². The maximum atomic E-state index is 12.5. The summed E-state index contributed by atoms with van der Waals surface area (Å²) in [6, 6.07) is 12.0. The molecule has 2 aromatic carbocycles. The smallest absolute Gasteiger partial charge is 0.335 e. The van der Waals surface area contributed by atoms with E-state index in [0.717, 1.165) is 66.1 Å². The maximum Gasteiger partial charge on any atom is 0.335 e. The third-order valence-corrected chi connectivity index (χ3v) is 6.23. The summed E-state index contributed by atoms with van der Waals surface area (Å²) in [6.45, 7) is 2.03. The molecule has 7 nitrogen and oxygen atoms in total. The molecule has 2 saturated carbocycles. The second-order valence-electron chi connectivity index (χ2n) is 8.75. The first-order valence-corrected chi connectivity index (χ1v) is 11.2.